The second kappa shape index (κ2) is 8.01. The molecule has 0 radical (unpaired) electrons. The van der Waals surface area contributed by atoms with Crippen molar-refractivity contribution in [3.8, 4) is 5.75 Å². The van der Waals surface area contributed by atoms with E-state index in [1.165, 1.54) is 6.07 Å². The van der Waals surface area contributed by atoms with Gasteiger partial charge in [0.1, 0.15) is 11.8 Å². The lowest BCUT2D eigenvalue weighted by Crippen LogP contribution is -2.47. The topological polar surface area (TPSA) is 115 Å². The molecule has 3 rings (SSSR count). The van der Waals surface area contributed by atoms with Gasteiger partial charge in [0.2, 0.25) is 5.82 Å². The standard InChI is InChI=1S/C20H18F5N3O4/c1-8-13(10-3-4-11(21)14(22)15(10)29)16(32-19(8,2)20(23,24)25)18(31)28-9-5-6-27-12(7-9)17(26)30/h3-8,13,16,29H,1-2H3,(H2,26,30)(H,27,28,31)/t8-,13+,16+,19+/m0/s1. The largest absolute Gasteiger partial charge is 0.505 e. The maximum Gasteiger partial charge on any atom is 0.417 e. The number of nitrogens with one attached hydrogen (secondary N) is 1. The Morgan fingerprint density at radius 1 is 1.25 bits per heavy atom. The number of phenolic OH excluding ortho intramolecular Hbond substituents is 1. The second-order valence-corrected chi connectivity index (χ2v) is 7.54. The van der Waals surface area contributed by atoms with Gasteiger partial charge in [0.25, 0.3) is 11.8 Å². The third kappa shape index (κ3) is 3.85. The van der Waals surface area contributed by atoms with Crippen LogP contribution in [0.15, 0.2) is 30.5 Å². The molecule has 12 heteroatoms. The molecule has 1 saturated heterocycles. The lowest BCUT2D eigenvalue weighted by atomic mass is 9.77. The number of phenols is 1. The SMILES string of the molecule is C[C@H]1[C@H](c2ccc(F)c(F)c2O)[C@H](C(=O)Nc2ccnc(C(N)=O)c2)O[C@@]1(C)C(F)(F)F. The van der Waals surface area contributed by atoms with Gasteiger partial charge in [-0.3, -0.25) is 14.6 Å². The first-order valence-corrected chi connectivity index (χ1v) is 9.26. The summed E-state index contributed by atoms with van der Waals surface area (Å²) >= 11 is 0. The van der Waals surface area contributed by atoms with E-state index in [1.807, 2.05) is 0 Å². The predicted octanol–water partition coefficient (Wildman–Crippen LogP) is 3.24. The van der Waals surface area contributed by atoms with E-state index in [0.29, 0.717) is 6.07 Å². The molecule has 0 aliphatic carbocycles. The van der Waals surface area contributed by atoms with Crippen LogP contribution in [0.2, 0.25) is 0 Å². The number of nitrogens with zero attached hydrogens (tertiary/aromatic N) is 1. The van der Waals surface area contributed by atoms with Gasteiger partial charge < -0.3 is 20.9 Å². The molecule has 32 heavy (non-hydrogen) atoms. The fraction of sp³-hybridized carbons (Fsp3) is 0.350. The number of ether oxygens (including phenoxy) is 1. The van der Waals surface area contributed by atoms with Gasteiger partial charge in [-0.05, 0) is 25.1 Å². The summed E-state index contributed by atoms with van der Waals surface area (Å²) in [6.45, 7) is 1.86. The quantitative estimate of drug-likeness (QED) is 0.608. The van der Waals surface area contributed by atoms with Crippen molar-refractivity contribution in [2.75, 3.05) is 5.32 Å². The number of amides is 2. The predicted molar refractivity (Wildman–Crippen MR) is 101 cm³/mol. The summed E-state index contributed by atoms with van der Waals surface area (Å²) < 4.78 is 74.0. The van der Waals surface area contributed by atoms with Crippen molar-refractivity contribution in [2.24, 2.45) is 11.7 Å². The van der Waals surface area contributed by atoms with Gasteiger partial charge in [-0.15, -0.1) is 0 Å². The Labute approximate surface area is 178 Å². The number of halogens is 5. The van der Waals surface area contributed by atoms with Crippen LogP contribution in [0.25, 0.3) is 0 Å². The van der Waals surface area contributed by atoms with Gasteiger partial charge >= 0.3 is 6.18 Å². The summed E-state index contributed by atoms with van der Waals surface area (Å²) in [5, 5.41) is 12.4. The van der Waals surface area contributed by atoms with E-state index >= 15 is 0 Å². The number of aromatic nitrogens is 1. The normalized spacial score (nSPS) is 25.5. The number of carbonyl (C=O) groups is 2. The Balaban J connectivity index is 2.05. The fourth-order valence-corrected chi connectivity index (χ4v) is 3.70. The molecule has 1 aliphatic rings. The molecule has 1 fully saturated rings. The molecule has 7 nitrogen and oxygen atoms in total. The van der Waals surface area contributed by atoms with Crippen LogP contribution in [0.4, 0.5) is 27.6 Å². The number of hydrogen-bond donors (Lipinski definition) is 3. The highest BCUT2D eigenvalue weighted by molar-refractivity contribution is 5.97. The maximum absolute atomic E-state index is 14.0. The zero-order chi connectivity index (χ0) is 24.0. The van der Waals surface area contributed by atoms with E-state index in [4.69, 9.17) is 10.5 Å². The van der Waals surface area contributed by atoms with Gasteiger partial charge in [-0.2, -0.15) is 17.6 Å². The number of hydrogen-bond acceptors (Lipinski definition) is 5. The number of pyridine rings is 1. The lowest BCUT2D eigenvalue weighted by Gasteiger charge is -2.31. The van der Waals surface area contributed by atoms with E-state index in [2.05, 4.69) is 10.3 Å². The van der Waals surface area contributed by atoms with E-state index in [1.54, 1.807) is 0 Å². The molecule has 0 spiro atoms. The molecule has 172 valence electrons. The molecule has 4 N–H and O–H groups in total. The molecule has 1 aromatic heterocycles. The van der Waals surface area contributed by atoms with Crippen molar-refractivity contribution in [3.05, 3.63) is 53.4 Å². The summed E-state index contributed by atoms with van der Waals surface area (Å²) in [7, 11) is 0. The number of anilines is 1. The van der Waals surface area contributed by atoms with Gasteiger partial charge in [-0.1, -0.05) is 13.0 Å². The third-order valence-electron chi connectivity index (χ3n) is 5.67. The number of primary amides is 1. The van der Waals surface area contributed by atoms with Crippen molar-refractivity contribution < 1.29 is 41.4 Å². The molecular formula is C20H18F5N3O4. The fourth-order valence-electron chi connectivity index (χ4n) is 3.70. The highest BCUT2D eigenvalue weighted by Crippen LogP contribution is 2.54. The Hall–Kier alpha value is -3.28. The Morgan fingerprint density at radius 3 is 2.50 bits per heavy atom. The number of rotatable bonds is 4. The molecule has 0 saturated carbocycles. The summed E-state index contributed by atoms with van der Waals surface area (Å²) in [6, 6.07) is 3.90. The van der Waals surface area contributed by atoms with E-state index in [-0.39, 0.29) is 11.4 Å². The first kappa shape index (κ1) is 23.4. The number of alkyl halides is 3. The van der Waals surface area contributed by atoms with Crippen LogP contribution in [0.1, 0.15) is 35.8 Å². The molecule has 1 aliphatic heterocycles. The Bertz CT molecular complexity index is 1080. The summed E-state index contributed by atoms with van der Waals surface area (Å²) in [5.41, 5.74) is 1.64. The van der Waals surface area contributed by atoms with Crippen molar-refractivity contribution in [3.63, 3.8) is 0 Å². The number of carbonyl (C=O) groups excluding carboxylic acids is 2. The minimum atomic E-state index is -4.93. The maximum atomic E-state index is 14.0. The van der Waals surface area contributed by atoms with Crippen LogP contribution < -0.4 is 11.1 Å². The molecule has 0 unspecified atom stereocenters. The van der Waals surface area contributed by atoms with Crippen LogP contribution in [-0.2, 0) is 9.53 Å². The van der Waals surface area contributed by atoms with Gasteiger partial charge in [0.15, 0.2) is 17.2 Å². The van der Waals surface area contributed by atoms with Crippen molar-refractivity contribution >= 4 is 17.5 Å². The first-order chi connectivity index (χ1) is 14.8. The van der Waals surface area contributed by atoms with E-state index in [9.17, 15) is 36.6 Å². The van der Waals surface area contributed by atoms with Crippen molar-refractivity contribution in [1.29, 1.82) is 0 Å². The van der Waals surface area contributed by atoms with Crippen LogP contribution in [-0.4, -0.2) is 39.8 Å². The Morgan fingerprint density at radius 2 is 1.91 bits per heavy atom. The molecule has 4 atom stereocenters. The first-order valence-electron chi connectivity index (χ1n) is 9.26. The molecule has 1 aromatic carbocycles. The second-order valence-electron chi connectivity index (χ2n) is 7.54. The number of nitrogens with two attached hydrogens (primary N) is 1. The minimum absolute atomic E-state index is 0.0103. The summed E-state index contributed by atoms with van der Waals surface area (Å²) in [5.74, 6) is -9.22. The average Bonchev–Trinajstić information content (AvgIpc) is 2.99. The van der Waals surface area contributed by atoms with E-state index in [0.717, 1.165) is 32.2 Å². The van der Waals surface area contributed by atoms with Crippen LogP contribution in [0, 0.1) is 17.6 Å². The number of benzene rings is 1. The molecule has 0 bridgehead atoms. The summed E-state index contributed by atoms with van der Waals surface area (Å²) in [6.07, 6.45) is -5.63. The molecule has 2 heterocycles. The zero-order valence-electron chi connectivity index (χ0n) is 16.7. The van der Waals surface area contributed by atoms with Crippen LogP contribution in [0.3, 0.4) is 0 Å². The highest BCUT2D eigenvalue weighted by atomic mass is 19.4. The summed E-state index contributed by atoms with van der Waals surface area (Å²) in [4.78, 5) is 27.9. The molecular weight excluding hydrogens is 441 g/mol. The van der Waals surface area contributed by atoms with E-state index < -0.39 is 64.5 Å². The third-order valence-corrected chi connectivity index (χ3v) is 5.67. The van der Waals surface area contributed by atoms with Crippen molar-refractivity contribution in [2.45, 2.75) is 37.6 Å². The number of aromatic hydroxyl groups is 1. The Kier molecular flexibility index (Phi) is 5.85. The monoisotopic (exact) mass is 459 g/mol. The van der Waals surface area contributed by atoms with Gasteiger partial charge in [-0.25, -0.2) is 4.39 Å². The van der Waals surface area contributed by atoms with Gasteiger partial charge in [0.05, 0.1) is 0 Å². The highest BCUT2D eigenvalue weighted by Gasteiger charge is 2.65. The smallest absolute Gasteiger partial charge is 0.417 e. The minimum Gasteiger partial charge on any atom is -0.505 e. The lowest BCUT2D eigenvalue weighted by molar-refractivity contribution is -0.272. The van der Waals surface area contributed by atoms with Crippen LogP contribution in [0.5, 0.6) is 5.75 Å². The molecule has 2 aromatic rings. The van der Waals surface area contributed by atoms with Crippen LogP contribution >= 0.6 is 0 Å². The van der Waals surface area contributed by atoms with Crippen molar-refractivity contribution in [1.82, 2.24) is 4.98 Å². The average molecular weight is 459 g/mol. The molecule has 2 amide bonds. The van der Waals surface area contributed by atoms with Gasteiger partial charge in [0, 0.05) is 29.3 Å². The zero-order valence-corrected chi connectivity index (χ0v) is 16.7.